The molecule has 0 saturated carbocycles. The van der Waals surface area contributed by atoms with Crippen LogP contribution in [0.4, 0.5) is 0 Å². The lowest BCUT2D eigenvalue weighted by molar-refractivity contribution is -0.161. The van der Waals surface area contributed by atoms with E-state index < -0.39 is 17.9 Å². The molecular formula is C10H16O5. The zero-order chi connectivity index (χ0) is 11.3. The summed E-state index contributed by atoms with van der Waals surface area (Å²) in [6.45, 7) is 2.40. The summed E-state index contributed by atoms with van der Waals surface area (Å²) < 4.78 is 14.7. The predicted molar refractivity (Wildman–Crippen MR) is 51.1 cm³/mol. The van der Waals surface area contributed by atoms with Crippen LogP contribution in [0.25, 0.3) is 0 Å². The Bertz CT molecular complexity index is 232. The van der Waals surface area contributed by atoms with Gasteiger partial charge in [-0.05, 0) is 19.8 Å². The molecule has 1 fully saturated rings. The van der Waals surface area contributed by atoms with Gasteiger partial charge in [0.05, 0.1) is 13.2 Å². The normalized spacial score (nSPS) is 22.1. The lowest BCUT2D eigenvalue weighted by atomic mass is 10.2. The van der Waals surface area contributed by atoms with Gasteiger partial charge in [0.25, 0.3) is 0 Å². The second kappa shape index (κ2) is 5.70. The number of carbonyl (C=O) groups excluding carboxylic acids is 2. The number of esters is 2. The van der Waals surface area contributed by atoms with Crippen molar-refractivity contribution < 1.29 is 23.8 Å². The van der Waals surface area contributed by atoms with E-state index in [9.17, 15) is 9.59 Å². The van der Waals surface area contributed by atoms with Crippen LogP contribution in [0.15, 0.2) is 0 Å². The molecule has 15 heavy (non-hydrogen) atoms. The Labute approximate surface area is 88.7 Å². The average Bonchev–Trinajstić information content (AvgIpc) is 2.76. The van der Waals surface area contributed by atoms with Crippen LogP contribution in [0.1, 0.15) is 19.8 Å². The zero-order valence-corrected chi connectivity index (χ0v) is 9.02. The topological polar surface area (TPSA) is 61.8 Å². The summed E-state index contributed by atoms with van der Waals surface area (Å²) in [4.78, 5) is 22.3. The molecule has 0 N–H and O–H groups in total. The second-order valence-corrected chi connectivity index (χ2v) is 3.51. The summed E-state index contributed by atoms with van der Waals surface area (Å²) in [5.41, 5.74) is 0. The minimum atomic E-state index is -0.864. The Morgan fingerprint density at radius 3 is 2.73 bits per heavy atom. The first-order chi connectivity index (χ1) is 7.15. The fraction of sp³-hybridized carbons (Fsp3) is 0.800. The maximum Gasteiger partial charge on any atom is 0.320 e. The molecule has 1 aliphatic rings. The van der Waals surface area contributed by atoms with Gasteiger partial charge >= 0.3 is 11.9 Å². The lowest BCUT2D eigenvalue weighted by Gasteiger charge is -2.12. The van der Waals surface area contributed by atoms with Crippen LogP contribution in [0.3, 0.4) is 0 Å². The zero-order valence-electron chi connectivity index (χ0n) is 9.02. The highest BCUT2D eigenvalue weighted by Gasteiger charge is 2.25. The highest BCUT2D eigenvalue weighted by atomic mass is 16.6. The highest BCUT2D eigenvalue weighted by molar-refractivity contribution is 5.94. The van der Waals surface area contributed by atoms with E-state index in [1.165, 1.54) is 14.0 Å². The van der Waals surface area contributed by atoms with Crippen molar-refractivity contribution in [2.24, 2.45) is 5.92 Å². The van der Waals surface area contributed by atoms with E-state index in [1.54, 1.807) is 0 Å². The van der Waals surface area contributed by atoms with Gasteiger partial charge in [0.2, 0.25) is 0 Å². The smallest absolute Gasteiger partial charge is 0.320 e. The Balaban J connectivity index is 2.25. The van der Waals surface area contributed by atoms with Crippen molar-refractivity contribution >= 4 is 11.9 Å². The van der Waals surface area contributed by atoms with E-state index in [4.69, 9.17) is 9.47 Å². The highest BCUT2D eigenvalue weighted by Crippen LogP contribution is 2.13. The molecule has 1 rings (SSSR count). The van der Waals surface area contributed by atoms with E-state index in [2.05, 4.69) is 4.74 Å². The SMILES string of the molecule is COC(=O)C(C)C(=O)OCC1CCCO1. The van der Waals surface area contributed by atoms with Crippen LogP contribution in [-0.2, 0) is 23.8 Å². The first kappa shape index (κ1) is 12.0. The number of hydrogen-bond acceptors (Lipinski definition) is 5. The molecule has 1 aliphatic heterocycles. The summed E-state index contributed by atoms with van der Waals surface area (Å²) >= 11 is 0. The molecule has 0 bridgehead atoms. The molecule has 5 heteroatoms. The fourth-order valence-corrected chi connectivity index (χ4v) is 1.35. The van der Waals surface area contributed by atoms with Crippen LogP contribution < -0.4 is 0 Å². The van der Waals surface area contributed by atoms with Crippen molar-refractivity contribution in [1.82, 2.24) is 0 Å². The molecule has 5 nitrogen and oxygen atoms in total. The second-order valence-electron chi connectivity index (χ2n) is 3.51. The first-order valence-electron chi connectivity index (χ1n) is 5.01. The molecule has 0 aliphatic carbocycles. The quantitative estimate of drug-likeness (QED) is 0.506. The van der Waals surface area contributed by atoms with E-state index in [-0.39, 0.29) is 12.7 Å². The molecule has 0 spiro atoms. The van der Waals surface area contributed by atoms with Crippen molar-refractivity contribution in [2.75, 3.05) is 20.3 Å². The molecular weight excluding hydrogens is 200 g/mol. The molecule has 0 radical (unpaired) electrons. The van der Waals surface area contributed by atoms with Gasteiger partial charge in [-0.25, -0.2) is 0 Å². The summed E-state index contributed by atoms with van der Waals surface area (Å²) in [5, 5.41) is 0. The third-order valence-electron chi connectivity index (χ3n) is 2.34. The molecule has 0 aromatic heterocycles. The van der Waals surface area contributed by atoms with Crippen molar-refractivity contribution in [3.8, 4) is 0 Å². The van der Waals surface area contributed by atoms with Gasteiger partial charge in [0.15, 0.2) is 5.92 Å². The fourth-order valence-electron chi connectivity index (χ4n) is 1.35. The maximum atomic E-state index is 11.3. The van der Waals surface area contributed by atoms with E-state index in [0.29, 0.717) is 0 Å². The Morgan fingerprint density at radius 2 is 2.20 bits per heavy atom. The van der Waals surface area contributed by atoms with E-state index in [1.807, 2.05) is 0 Å². The van der Waals surface area contributed by atoms with Gasteiger partial charge in [-0.1, -0.05) is 0 Å². The Kier molecular flexibility index (Phi) is 4.55. The standard InChI is InChI=1S/C10H16O5/c1-7(9(11)13-2)10(12)15-6-8-4-3-5-14-8/h7-8H,3-6H2,1-2H3. The molecule has 1 saturated heterocycles. The summed E-state index contributed by atoms with van der Waals surface area (Å²) in [5.74, 6) is -2.00. The van der Waals surface area contributed by atoms with Gasteiger partial charge in [-0.3, -0.25) is 9.59 Å². The maximum absolute atomic E-state index is 11.3. The van der Waals surface area contributed by atoms with E-state index >= 15 is 0 Å². The molecule has 2 unspecified atom stereocenters. The van der Waals surface area contributed by atoms with Gasteiger partial charge < -0.3 is 14.2 Å². The molecule has 2 atom stereocenters. The molecule has 0 amide bonds. The van der Waals surface area contributed by atoms with Crippen molar-refractivity contribution in [2.45, 2.75) is 25.9 Å². The lowest BCUT2D eigenvalue weighted by Crippen LogP contribution is -2.27. The summed E-state index contributed by atoms with van der Waals surface area (Å²) in [7, 11) is 1.24. The van der Waals surface area contributed by atoms with E-state index in [0.717, 1.165) is 19.4 Å². The molecule has 0 aromatic rings. The third kappa shape index (κ3) is 3.51. The third-order valence-corrected chi connectivity index (χ3v) is 2.34. The van der Waals surface area contributed by atoms with Crippen molar-refractivity contribution in [1.29, 1.82) is 0 Å². The molecule has 0 aromatic carbocycles. The van der Waals surface area contributed by atoms with Crippen LogP contribution >= 0.6 is 0 Å². The summed E-state index contributed by atoms with van der Waals surface area (Å²) in [6, 6.07) is 0. The largest absolute Gasteiger partial charge is 0.468 e. The molecule has 86 valence electrons. The number of methoxy groups -OCH3 is 1. The Hall–Kier alpha value is -1.10. The van der Waals surface area contributed by atoms with Crippen molar-refractivity contribution in [3.05, 3.63) is 0 Å². The molecule has 1 heterocycles. The Morgan fingerprint density at radius 1 is 1.47 bits per heavy atom. The number of hydrogen-bond donors (Lipinski definition) is 0. The van der Waals surface area contributed by atoms with Crippen LogP contribution in [0.2, 0.25) is 0 Å². The number of carbonyl (C=O) groups is 2. The van der Waals surface area contributed by atoms with Gasteiger partial charge in [-0.2, -0.15) is 0 Å². The van der Waals surface area contributed by atoms with Gasteiger partial charge in [-0.15, -0.1) is 0 Å². The van der Waals surface area contributed by atoms with Gasteiger partial charge in [0.1, 0.15) is 6.61 Å². The minimum absolute atomic E-state index is 0.0150. The summed E-state index contributed by atoms with van der Waals surface area (Å²) in [6.07, 6.45) is 1.88. The van der Waals surface area contributed by atoms with Crippen LogP contribution in [0, 0.1) is 5.92 Å². The number of ether oxygens (including phenoxy) is 3. The van der Waals surface area contributed by atoms with Crippen LogP contribution in [0.5, 0.6) is 0 Å². The predicted octanol–water partition coefficient (Wildman–Crippen LogP) is 0.518. The monoisotopic (exact) mass is 216 g/mol. The number of rotatable bonds is 4. The first-order valence-corrected chi connectivity index (χ1v) is 5.01. The van der Waals surface area contributed by atoms with Crippen molar-refractivity contribution in [3.63, 3.8) is 0 Å². The average molecular weight is 216 g/mol. The van der Waals surface area contributed by atoms with Crippen LogP contribution in [-0.4, -0.2) is 38.4 Å². The minimum Gasteiger partial charge on any atom is -0.468 e. The van der Waals surface area contributed by atoms with Gasteiger partial charge in [0, 0.05) is 6.61 Å².